The smallest absolute Gasteiger partial charge is 0.296 e. The molecule has 2 aliphatic heterocycles. The van der Waals surface area contributed by atoms with Gasteiger partial charge in [-0.2, -0.15) is 9.97 Å². The van der Waals surface area contributed by atoms with Crippen LogP contribution in [-0.2, 0) is 14.3 Å². The number of amides is 1. The van der Waals surface area contributed by atoms with E-state index in [0.29, 0.717) is 68.8 Å². The second-order valence-corrected chi connectivity index (χ2v) is 10.2. The van der Waals surface area contributed by atoms with Crippen molar-refractivity contribution in [3.8, 4) is 11.7 Å². The number of anilines is 1. The van der Waals surface area contributed by atoms with Crippen LogP contribution in [0.4, 0.5) is 14.7 Å². The first-order valence-electron chi connectivity index (χ1n) is 13.6. The van der Waals surface area contributed by atoms with E-state index < -0.39 is 6.43 Å². The standard InChI is InChI=1S/C27H32F2N6O4/c28-24(29)25-31-20-5-1-2-6-21(20)35(25)22-15-23(33-27(32-22)34-9-12-37-13-10-34)39-19-8-7-18(14-19)30-26(36)17-4-3-11-38-16-17/h1-2,5-6,15,17-19,24H,3-4,7-14,16H2,(H,30,36)/t17?,18-,19-/m0/s1. The van der Waals surface area contributed by atoms with Gasteiger partial charge < -0.3 is 24.4 Å². The molecule has 12 heteroatoms. The molecule has 2 saturated heterocycles. The van der Waals surface area contributed by atoms with Gasteiger partial charge >= 0.3 is 0 Å². The van der Waals surface area contributed by atoms with E-state index in [1.165, 1.54) is 4.57 Å². The van der Waals surface area contributed by atoms with Crippen LogP contribution in [0, 0.1) is 5.92 Å². The molecule has 3 aromatic rings. The van der Waals surface area contributed by atoms with Crippen LogP contribution in [-0.4, -0.2) is 77.1 Å². The minimum absolute atomic E-state index is 0.00692. The Kier molecular flexibility index (Phi) is 7.55. The number of hydrogen-bond donors (Lipinski definition) is 1. The molecule has 3 fully saturated rings. The lowest BCUT2D eigenvalue weighted by Gasteiger charge is -2.27. The molecule has 0 bridgehead atoms. The Morgan fingerprint density at radius 1 is 1.05 bits per heavy atom. The Bertz CT molecular complexity index is 1310. The number of carbonyl (C=O) groups excluding carboxylic acids is 1. The SMILES string of the molecule is O=C(N[C@H]1CC[C@H](Oc2cc(-n3c(C(F)F)nc4ccccc43)nc(N3CCOCC3)n2)C1)C1CCCOC1. The van der Waals surface area contributed by atoms with Crippen molar-refractivity contribution in [2.24, 2.45) is 5.92 Å². The maximum Gasteiger partial charge on any atom is 0.296 e. The fourth-order valence-electron chi connectivity index (χ4n) is 5.53. The molecule has 10 nitrogen and oxygen atoms in total. The first-order chi connectivity index (χ1) is 19.0. The molecule has 1 N–H and O–H groups in total. The van der Waals surface area contributed by atoms with Gasteiger partial charge in [-0.3, -0.25) is 9.36 Å². The monoisotopic (exact) mass is 542 g/mol. The molecule has 1 aliphatic carbocycles. The number of imidazole rings is 1. The molecular weight excluding hydrogens is 510 g/mol. The molecule has 3 atom stereocenters. The fraction of sp³-hybridized carbons (Fsp3) is 0.556. The summed E-state index contributed by atoms with van der Waals surface area (Å²) in [5.74, 6) is 0.509. The van der Waals surface area contributed by atoms with E-state index in [4.69, 9.17) is 14.2 Å². The molecular formula is C27H32F2N6O4. The summed E-state index contributed by atoms with van der Waals surface area (Å²) in [6.45, 7) is 3.39. The van der Waals surface area contributed by atoms with Crippen molar-refractivity contribution in [2.75, 3.05) is 44.4 Å². The largest absolute Gasteiger partial charge is 0.474 e. The van der Waals surface area contributed by atoms with Gasteiger partial charge in [0, 0.05) is 38.2 Å². The van der Waals surface area contributed by atoms with Crippen LogP contribution < -0.4 is 15.0 Å². The number of carbonyl (C=O) groups is 1. The lowest BCUT2D eigenvalue weighted by Crippen LogP contribution is -2.40. The zero-order valence-electron chi connectivity index (χ0n) is 21.6. The Morgan fingerprint density at radius 3 is 2.69 bits per heavy atom. The van der Waals surface area contributed by atoms with E-state index >= 15 is 0 Å². The minimum atomic E-state index is -2.79. The molecule has 1 amide bonds. The lowest BCUT2D eigenvalue weighted by atomic mass is 10.0. The third-order valence-electron chi connectivity index (χ3n) is 7.53. The van der Waals surface area contributed by atoms with E-state index in [1.807, 2.05) is 4.90 Å². The average Bonchev–Trinajstić information content (AvgIpc) is 3.58. The summed E-state index contributed by atoms with van der Waals surface area (Å²) in [6, 6.07) is 8.59. The van der Waals surface area contributed by atoms with Gasteiger partial charge in [0.25, 0.3) is 6.43 Å². The van der Waals surface area contributed by atoms with E-state index in [-0.39, 0.29) is 35.6 Å². The number of morpholine rings is 1. The van der Waals surface area contributed by atoms with E-state index in [2.05, 4.69) is 20.3 Å². The van der Waals surface area contributed by atoms with E-state index in [9.17, 15) is 13.6 Å². The number of nitrogens with zero attached hydrogens (tertiary/aromatic N) is 5. The summed E-state index contributed by atoms with van der Waals surface area (Å²) < 4.78 is 46.8. The number of nitrogens with one attached hydrogen (secondary N) is 1. The molecule has 4 heterocycles. The maximum absolute atomic E-state index is 14.1. The number of benzene rings is 1. The molecule has 0 spiro atoms. The number of hydrogen-bond acceptors (Lipinski definition) is 8. The number of halogens is 2. The summed E-state index contributed by atoms with van der Waals surface area (Å²) in [4.78, 5) is 28.1. The zero-order chi connectivity index (χ0) is 26.8. The van der Waals surface area contributed by atoms with E-state index in [0.717, 1.165) is 25.7 Å². The summed E-state index contributed by atoms with van der Waals surface area (Å²) in [5, 5.41) is 3.15. The molecule has 1 unspecified atom stereocenters. The van der Waals surface area contributed by atoms with Crippen molar-refractivity contribution < 1.29 is 27.8 Å². The van der Waals surface area contributed by atoms with Crippen LogP contribution in [0.5, 0.6) is 5.88 Å². The van der Waals surface area contributed by atoms with E-state index in [1.54, 1.807) is 30.3 Å². The predicted octanol–water partition coefficient (Wildman–Crippen LogP) is 3.43. The Morgan fingerprint density at radius 2 is 1.90 bits per heavy atom. The molecule has 2 aromatic heterocycles. The van der Waals surface area contributed by atoms with Gasteiger partial charge in [-0.25, -0.2) is 13.8 Å². The summed E-state index contributed by atoms with van der Waals surface area (Å²) in [5.41, 5.74) is 0.986. The number of rotatable bonds is 7. The lowest BCUT2D eigenvalue weighted by molar-refractivity contribution is -0.129. The molecule has 6 rings (SSSR count). The topological polar surface area (TPSA) is 104 Å². The van der Waals surface area contributed by atoms with Crippen LogP contribution in [0.15, 0.2) is 30.3 Å². The van der Waals surface area contributed by atoms with Crippen molar-refractivity contribution in [1.82, 2.24) is 24.8 Å². The average molecular weight is 543 g/mol. The Labute approximate surface area is 224 Å². The Hall–Kier alpha value is -3.38. The number of alkyl halides is 2. The van der Waals surface area contributed by atoms with Crippen LogP contribution >= 0.6 is 0 Å². The van der Waals surface area contributed by atoms with Crippen LogP contribution in [0.1, 0.15) is 44.4 Å². The van der Waals surface area contributed by atoms with Gasteiger partial charge in [-0.1, -0.05) is 12.1 Å². The third-order valence-corrected chi connectivity index (χ3v) is 7.53. The number of fused-ring (bicyclic) bond motifs is 1. The number of aromatic nitrogens is 4. The third kappa shape index (κ3) is 5.67. The molecule has 39 heavy (non-hydrogen) atoms. The number of ether oxygens (including phenoxy) is 3. The first kappa shape index (κ1) is 25.9. The van der Waals surface area contributed by atoms with Gasteiger partial charge in [-0.05, 0) is 37.8 Å². The summed E-state index contributed by atoms with van der Waals surface area (Å²) >= 11 is 0. The molecule has 1 aromatic carbocycles. The normalized spacial score (nSPS) is 23.9. The van der Waals surface area contributed by atoms with Crippen molar-refractivity contribution in [2.45, 2.75) is 50.7 Å². The second kappa shape index (κ2) is 11.4. The molecule has 1 saturated carbocycles. The zero-order valence-corrected chi connectivity index (χ0v) is 21.6. The highest BCUT2D eigenvalue weighted by atomic mass is 19.3. The van der Waals surface area contributed by atoms with Gasteiger partial charge in [0.1, 0.15) is 11.9 Å². The highest BCUT2D eigenvalue weighted by molar-refractivity contribution is 5.79. The molecule has 0 radical (unpaired) electrons. The first-order valence-corrected chi connectivity index (χ1v) is 13.6. The van der Waals surface area contributed by atoms with Gasteiger partial charge in [0.15, 0.2) is 5.82 Å². The molecule has 208 valence electrons. The van der Waals surface area contributed by atoms with Crippen LogP contribution in [0.3, 0.4) is 0 Å². The highest BCUT2D eigenvalue weighted by Crippen LogP contribution is 2.31. The fourth-order valence-corrected chi connectivity index (χ4v) is 5.53. The van der Waals surface area contributed by atoms with Gasteiger partial charge in [-0.15, -0.1) is 0 Å². The van der Waals surface area contributed by atoms with Crippen LogP contribution in [0.25, 0.3) is 16.9 Å². The van der Waals surface area contributed by atoms with Crippen molar-refractivity contribution >= 4 is 22.9 Å². The van der Waals surface area contributed by atoms with Gasteiger partial charge in [0.05, 0.1) is 36.8 Å². The maximum atomic E-state index is 14.1. The second-order valence-electron chi connectivity index (χ2n) is 10.2. The quantitative estimate of drug-likeness (QED) is 0.485. The predicted molar refractivity (Wildman–Crippen MR) is 138 cm³/mol. The highest BCUT2D eigenvalue weighted by Gasteiger charge is 2.31. The van der Waals surface area contributed by atoms with Gasteiger partial charge in [0.2, 0.25) is 17.7 Å². The van der Waals surface area contributed by atoms with Crippen molar-refractivity contribution in [1.29, 1.82) is 0 Å². The summed E-state index contributed by atoms with van der Waals surface area (Å²) in [7, 11) is 0. The summed E-state index contributed by atoms with van der Waals surface area (Å²) in [6.07, 6.45) is 0.951. The van der Waals surface area contributed by atoms with Crippen LogP contribution in [0.2, 0.25) is 0 Å². The number of para-hydroxylation sites is 2. The van der Waals surface area contributed by atoms with Crippen molar-refractivity contribution in [3.63, 3.8) is 0 Å². The molecule has 3 aliphatic rings. The Balaban J connectivity index is 1.26. The van der Waals surface area contributed by atoms with Crippen molar-refractivity contribution in [3.05, 3.63) is 36.2 Å². The minimum Gasteiger partial charge on any atom is -0.474 e.